The molecule has 0 radical (unpaired) electrons. The highest BCUT2D eigenvalue weighted by atomic mass is 19.4. The molecule has 1 unspecified atom stereocenters. The topological polar surface area (TPSA) is 35.5 Å². The van der Waals surface area contributed by atoms with Crippen LogP contribution in [0, 0.1) is 0 Å². The van der Waals surface area contributed by atoms with Crippen LogP contribution in [0.2, 0.25) is 0 Å². The molecular weight excluding hydrogens is 189 g/mol. The molecule has 0 aromatic rings. The molecule has 1 saturated heterocycles. The third-order valence-electron chi connectivity index (χ3n) is 1.74. The molecule has 1 aliphatic rings. The van der Waals surface area contributed by atoms with Gasteiger partial charge in [-0.15, -0.1) is 0 Å². The maximum absolute atomic E-state index is 12.3. The zero-order valence-corrected chi connectivity index (χ0v) is 7.36. The molecule has 0 bridgehead atoms. The maximum Gasteiger partial charge on any atom is 0.455 e. The number of hydrogen-bond donors (Lipinski definition) is 0. The number of alkyl halides is 3. The number of rotatable bonds is 0. The molecule has 1 atom stereocenters. The minimum Gasteiger partial charge on any atom is -0.421 e. The molecule has 1 aliphatic heterocycles. The molecule has 1 rings (SSSR count). The minimum absolute atomic E-state index is 0.680. The molecule has 3 nitrogen and oxygen atoms in total. The number of halogens is 3. The zero-order valence-electron chi connectivity index (χ0n) is 7.36. The Morgan fingerprint density at radius 1 is 1.23 bits per heavy atom. The third-order valence-corrected chi connectivity index (χ3v) is 1.74. The van der Waals surface area contributed by atoms with Crippen molar-refractivity contribution in [2.45, 2.75) is 38.3 Å². The van der Waals surface area contributed by atoms with Crippen molar-refractivity contribution in [3.8, 4) is 0 Å². The van der Waals surface area contributed by atoms with E-state index >= 15 is 0 Å². The summed E-state index contributed by atoms with van der Waals surface area (Å²) >= 11 is 0. The molecule has 0 N–H and O–H groups in total. The predicted molar refractivity (Wildman–Crippen MR) is 35.7 cm³/mol. The van der Waals surface area contributed by atoms with Crippen LogP contribution in [0.3, 0.4) is 0 Å². The number of ether oxygens (including phenoxy) is 2. The highest BCUT2D eigenvalue weighted by molar-refractivity contribution is 5.80. The summed E-state index contributed by atoms with van der Waals surface area (Å²) in [7, 11) is 0. The molecule has 6 heteroatoms. The number of carbonyl (C=O) groups excluding carboxylic acids is 1. The highest BCUT2D eigenvalue weighted by Crippen LogP contribution is 2.42. The van der Waals surface area contributed by atoms with E-state index in [1.165, 1.54) is 13.8 Å². The van der Waals surface area contributed by atoms with Crippen LogP contribution >= 0.6 is 0 Å². The van der Waals surface area contributed by atoms with Crippen molar-refractivity contribution in [3.63, 3.8) is 0 Å². The SMILES string of the molecule is CC1(C)OC(C)(C(F)(F)F)OC1=O. The van der Waals surface area contributed by atoms with Gasteiger partial charge in [0.05, 0.1) is 0 Å². The lowest BCUT2D eigenvalue weighted by molar-refractivity contribution is -0.341. The van der Waals surface area contributed by atoms with Gasteiger partial charge in [-0.2, -0.15) is 13.2 Å². The van der Waals surface area contributed by atoms with E-state index in [2.05, 4.69) is 9.47 Å². The minimum atomic E-state index is -4.71. The van der Waals surface area contributed by atoms with Gasteiger partial charge < -0.3 is 9.47 Å². The van der Waals surface area contributed by atoms with Crippen molar-refractivity contribution in [1.29, 1.82) is 0 Å². The van der Waals surface area contributed by atoms with Crippen LogP contribution in [-0.4, -0.2) is 23.5 Å². The molecule has 76 valence electrons. The lowest BCUT2D eigenvalue weighted by Crippen LogP contribution is -2.44. The Balaban J connectivity index is 2.96. The second kappa shape index (κ2) is 2.37. The number of carbonyl (C=O) groups is 1. The Hall–Kier alpha value is -0.780. The largest absolute Gasteiger partial charge is 0.455 e. The summed E-state index contributed by atoms with van der Waals surface area (Å²) in [5.41, 5.74) is -1.54. The van der Waals surface area contributed by atoms with Gasteiger partial charge in [0, 0.05) is 6.92 Å². The first-order valence-corrected chi connectivity index (χ1v) is 3.59. The lowest BCUT2D eigenvalue weighted by atomic mass is 10.1. The number of cyclic esters (lactones) is 1. The van der Waals surface area contributed by atoms with Gasteiger partial charge in [-0.1, -0.05) is 0 Å². The van der Waals surface area contributed by atoms with Crippen LogP contribution in [0.4, 0.5) is 13.2 Å². The second-order valence-corrected chi connectivity index (χ2v) is 3.45. The smallest absolute Gasteiger partial charge is 0.421 e. The summed E-state index contributed by atoms with van der Waals surface area (Å²) in [6.45, 7) is 3.14. The molecular formula is C7H9F3O3. The van der Waals surface area contributed by atoms with Crippen molar-refractivity contribution in [2.75, 3.05) is 0 Å². The van der Waals surface area contributed by atoms with E-state index in [9.17, 15) is 18.0 Å². The lowest BCUT2D eigenvalue weighted by Gasteiger charge is -2.25. The molecule has 13 heavy (non-hydrogen) atoms. The zero-order chi connectivity index (χ0) is 10.5. The van der Waals surface area contributed by atoms with Gasteiger partial charge in [0.1, 0.15) is 0 Å². The molecule has 0 aromatic carbocycles. The molecule has 0 aromatic heterocycles. The van der Waals surface area contributed by atoms with Gasteiger partial charge in [0.15, 0.2) is 5.60 Å². The van der Waals surface area contributed by atoms with Crippen molar-refractivity contribution in [3.05, 3.63) is 0 Å². The fraction of sp³-hybridized carbons (Fsp3) is 0.857. The van der Waals surface area contributed by atoms with Crippen molar-refractivity contribution in [2.24, 2.45) is 0 Å². The van der Waals surface area contributed by atoms with Crippen molar-refractivity contribution >= 4 is 5.97 Å². The van der Waals surface area contributed by atoms with E-state index in [4.69, 9.17) is 0 Å². The molecule has 1 fully saturated rings. The summed E-state index contributed by atoms with van der Waals surface area (Å²) in [6, 6.07) is 0. The Labute approximate surface area is 72.8 Å². The Bertz CT molecular complexity index is 246. The van der Waals surface area contributed by atoms with E-state index in [1.54, 1.807) is 0 Å². The molecule has 1 heterocycles. The standard InChI is InChI=1S/C7H9F3O3/c1-5(2)4(11)12-6(3,13-5)7(8,9)10/h1-3H3. The van der Waals surface area contributed by atoms with Gasteiger partial charge in [0.2, 0.25) is 0 Å². The average molecular weight is 198 g/mol. The summed E-state index contributed by atoms with van der Waals surface area (Å²) in [6.07, 6.45) is -4.71. The van der Waals surface area contributed by atoms with Crippen molar-refractivity contribution in [1.82, 2.24) is 0 Å². The molecule has 0 spiro atoms. The van der Waals surface area contributed by atoms with Gasteiger partial charge in [-0.05, 0) is 13.8 Å². The van der Waals surface area contributed by atoms with E-state index in [0.717, 1.165) is 0 Å². The van der Waals surface area contributed by atoms with E-state index < -0.39 is 23.5 Å². The predicted octanol–water partition coefficient (Wildman–Crippen LogP) is 1.62. The Morgan fingerprint density at radius 2 is 1.69 bits per heavy atom. The normalized spacial score (nSPS) is 33.2. The summed E-state index contributed by atoms with van der Waals surface area (Å²) < 4.78 is 45.4. The van der Waals surface area contributed by atoms with Gasteiger partial charge >= 0.3 is 17.9 Å². The van der Waals surface area contributed by atoms with Crippen molar-refractivity contribution < 1.29 is 27.4 Å². The maximum atomic E-state index is 12.3. The molecule has 0 aliphatic carbocycles. The fourth-order valence-corrected chi connectivity index (χ4v) is 0.965. The summed E-state index contributed by atoms with van der Waals surface area (Å²) in [4.78, 5) is 10.9. The van der Waals surface area contributed by atoms with Crippen LogP contribution in [0.1, 0.15) is 20.8 Å². The van der Waals surface area contributed by atoms with Crippen LogP contribution in [0.15, 0.2) is 0 Å². The van der Waals surface area contributed by atoms with Gasteiger partial charge in [-0.3, -0.25) is 0 Å². The fourth-order valence-electron chi connectivity index (χ4n) is 0.965. The third kappa shape index (κ3) is 1.50. The monoisotopic (exact) mass is 198 g/mol. The molecule has 0 saturated carbocycles. The first-order chi connectivity index (χ1) is 5.58. The number of esters is 1. The summed E-state index contributed by atoms with van der Waals surface area (Å²) in [5, 5.41) is 0. The average Bonchev–Trinajstić information content (AvgIpc) is 2.01. The Kier molecular flexibility index (Phi) is 1.88. The highest BCUT2D eigenvalue weighted by Gasteiger charge is 2.65. The van der Waals surface area contributed by atoms with Crippen LogP contribution in [0.5, 0.6) is 0 Å². The first kappa shape index (κ1) is 10.3. The van der Waals surface area contributed by atoms with E-state index in [1.807, 2.05) is 0 Å². The Morgan fingerprint density at radius 3 is 1.85 bits per heavy atom. The van der Waals surface area contributed by atoms with E-state index in [0.29, 0.717) is 6.92 Å². The van der Waals surface area contributed by atoms with E-state index in [-0.39, 0.29) is 0 Å². The van der Waals surface area contributed by atoms with Crippen LogP contribution < -0.4 is 0 Å². The number of hydrogen-bond acceptors (Lipinski definition) is 3. The second-order valence-electron chi connectivity index (χ2n) is 3.45. The molecule has 0 amide bonds. The van der Waals surface area contributed by atoms with Gasteiger partial charge in [0.25, 0.3) is 0 Å². The van der Waals surface area contributed by atoms with Crippen LogP contribution in [0.25, 0.3) is 0 Å². The van der Waals surface area contributed by atoms with Crippen LogP contribution in [-0.2, 0) is 14.3 Å². The first-order valence-electron chi connectivity index (χ1n) is 3.59. The summed E-state index contributed by atoms with van der Waals surface area (Å²) in [5.74, 6) is -3.82. The quantitative estimate of drug-likeness (QED) is 0.555. The van der Waals surface area contributed by atoms with Gasteiger partial charge in [-0.25, -0.2) is 4.79 Å².